The second-order valence-corrected chi connectivity index (χ2v) is 4.58. The number of alkyl halides is 1. The van der Waals surface area contributed by atoms with Gasteiger partial charge >= 0.3 is 0 Å². The topological polar surface area (TPSA) is 21.3 Å². The zero-order valence-corrected chi connectivity index (χ0v) is 9.58. The third-order valence-electron chi connectivity index (χ3n) is 2.07. The summed E-state index contributed by atoms with van der Waals surface area (Å²) in [4.78, 5) is 0. The van der Waals surface area contributed by atoms with E-state index in [1.807, 2.05) is 0 Å². The van der Waals surface area contributed by atoms with Crippen molar-refractivity contribution in [2.45, 2.75) is 18.3 Å². The molecule has 82 valence electrons. The van der Waals surface area contributed by atoms with Crippen molar-refractivity contribution in [3.05, 3.63) is 24.0 Å². The molecule has 0 saturated carbocycles. The molecule has 0 spiro atoms. The molecule has 1 aliphatic heterocycles. The Kier molecular flexibility index (Phi) is 3.59. The highest BCUT2D eigenvalue weighted by molar-refractivity contribution is 8.01. The fourth-order valence-corrected chi connectivity index (χ4v) is 2.35. The summed E-state index contributed by atoms with van der Waals surface area (Å²) in [6.45, 7) is 0. The second-order valence-electron chi connectivity index (χ2n) is 3.24. The summed E-state index contributed by atoms with van der Waals surface area (Å²) in [5.41, 5.74) is 0.754. The highest BCUT2D eigenvalue weighted by Gasteiger charge is 2.19. The van der Waals surface area contributed by atoms with Crippen molar-refractivity contribution in [2.24, 2.45) is 0 Å². The van der Waals surface area contributed by atoms with Crippen molar-refractivity contribution >= 4 is 29.2 Å². The summed E-state index contributed by atoms with van der Waals surface area (Å²) in [6.07, 6.45) is 1.80. The van der Waals surface area contributed by atoms with Crippen LogP contribution in [0.4, 0.5) is 10.1 Å². The minimum atomic E-state index is -0.260. The maximum Gasteiger partial charge on any atom is 0.163 e. The Morgan fingerprint density at radius 3 is 3.20 bits per heavy atom. The zero-order valence-electron chi connectivity index (χ0n) is 8.00. The lowest BCUT2D eigenvalue weighted by Crippen LogP contribution is -2.19. The Labute approximate surface area is 97.3 Å². The summed E-state index contributed by atoms with van der Waals surface area (Å²) in [5, 5.41) is 0. The smallest absolute Gasteiger partial charge is 0.163 e. The van der Waals surface area contributed by atoms with E-state index < -0.39 is 0 Å². The van der Waals surface area contributed by atoms with Gasteiger partial charge in [0.2, 0.25) is 0 Å². The fraction of sp³-hybridized carbons (Fsp3) is 0.400. The quantitative estimate of drug-likeness (QED) is 0.651. The average molecular weight is 248 g/mol. The lowest BCUT2D eigenvalue weighted by atomic mass is 10.3. The van der Waals surface area contributed by atoms with Gasteiger partial charge in [0.1, 0.15) is 11.6 Å². The average Bonchev–Trinajstić information content (AvgIpc) is 2.26. The minimum Gasteiger partial charge on any atom is -0.476 e. The van der Waals surface area contributed by atoms with Crippen LogP contribution in [0, 0.1) is 5.82 Å². The van der Waals surface area contributed by atoms with Gasteiger partial charge in [-0.15, -0.1) is 11.6 Å². The monoisotopic (exact) mass is 247 g/mol. The Morgan fingerprint density at radius 2 is 2.40 bits per heavy atom. The molecule has 2 nitrogen and oxygen atoms in total. The number of ether oxygens (including phenoxy) is 1. The first kappa shape index (κ1) is 10.9. The van der Waals surface area contributed by atoms with E-state index in [0.717, 1.165) is 12.8 Å². The van der Waals surface area contributed by atoms with Gasteiger partial charge in [-0.2, -0.15) is 0 Å². The van der Waals surface area contributed by atoms with Gasteiger partial charge in [-0.3, -0.25) is 0 Å². The Balaban J connectivity index is 2.03. The molecule has 0 bridgehead atoms. The van der Waals surface area contributed by atoms with Gasteiger partial charge in [0.15, 0.2) is 5.44 Å². The lowest BCUT2D eigenvalue weighted by Gasteiger charge is -2.26. The Bertz CT molecular complexity index is 350. The molecule has 1 aliphatic rings. The standard InChI is InChI=1S/C10H11ClFNOS/c11-5-1-2-10-14-9-4-3-7(12)6-8(9)13-15-10/h3-4,6,10,13H,1-2,5H2. The van der Waals surface area contributed by atoms with Crippen molar-refractivity contribution < 1.29 is 9.13 Å². The van der Waals surface area contributed by atoms with Gasteiger partial charge in [0.05, 0.1) is 5.69 Å². The fourth-order valence-electron chi connectivity index (χ4n) is 1.34. The van der Waals surface area contributed by atoms with Gasteiger partial charge in [-0.1, -0.05) is 0 Å². The number of nitrogens with one attached hydrogen (secondary N) is 1. The number of hydrogen-bond acceptors (Lipinski definition) is 3. The normalized spacial score (nSPS) is 18.9. The molecule has 0 aromatic heterocycles. The molecule has 1 N–H and O–H groups in total. The van der Waals surface area contributed by atoms with Crippen LogP contribution in [-0.4, -0.2) is 11.3 Å². The van der Waals surface area contributed by atoms with E-state index in [4.69, 9.17) is 16.3 Å². The van der Waals surface area contributed by atoms with Crippen LogP contribution in [0.3, 0.4) is 0 Å². The number of rotatable bonds is 3. The predicted molar refractivity (Wildman–Crippen MR) is 62.0 cm³/mol. The minimum absolute atomic E-state index is 0.0571. The van der Waals surface area contributed by atoms with Crippen LogP contribution < -0.4 is 9.46 Å². The van der Waals surface area contributed by atoms with Gasteiger partial charge in [-0.25, -0.2) is 4.39 Å². The summed E-state index contributed by atoms with van der Waals surface area (Å²) in [7, 11) is 0. The van der Waals surface area contributed by atoms with E-state index >= 15 is 0 Å². The molecule has 2 rings (SSSR count). The Morgan fingerprint density at radius 1 is 1.53 bits per heavy atom. The summed E-state index contributed by atoms with van der Waals surface area (Å²) >= 11 is 7.06. The molecule has 0 aliphatic carbocycles. The molecule has 0 fully saturated rings. The predicted octanol–water partition coefficient (Wildman–Crippen LogP) is 3.62. The Hall–Kier alpha value is -0.610. The molecule has 0 saturated heterocycles. The highest BCUT2D eigenvalue weighted by Crippen LogP contribution is 2.36. The molecule has 1 aromatic carbocycles. The molecule has 5 heteroatoms. The van der Waals surface area contributed by atoms with Gasteiger partial charge in [0.25, 0.3) is 0 Å². The van der Waals surface area contributed by atoms with E-state index in [0.29, 0.717) is 17.3 Å². The molecule has 0 radical (unpaired) electrons. The van der Waals surface area contributed by atoms with Crippen molar-refractivity contribution in [1.82, 2.24) is 0 Å². The first-order valence-electron chi connectivity index (χ1n) is 4.73. The maximum atomic E-state index is 12.9. The van der Waals surface area contributed by atoms with Crippen LogP contribution in [0.5, 0.6) is 5.75 Å². The first-order chi connectivity index (χ1) is 7.29. The van der Waals surface area contributed by atoms with Gasteiger partial charge in [-0.05, 0) is 36.9 Å². The number of benzene rings is 1. The first-order valence-corrected chi connectivity index (χ1v) is 6.15. The third-order valence-corrected chi connectivity index (χ3v) is 3.27. The number of halogens is 2. The van der Waals surface area contributed by atoms with Gasteiger partial charge in [0, 0.05) is 11.9 Å². The zero-order chi connectivity index (χ0) is 10.7. The summed E-state index contributed by atoms with van der Waals surface area (Å²) < 4.78 is 21.6. The largest absolute Gasteiger partial charge is 0.476 e. The summed E-state index contributed by atoms with van der Waals surface area (Å²) in [5.74, 6) is 1.08. The lowest BCUT2D eigenvalue weighted by molar-refractivity contribution is 0.274. The van der Waals surface area contributed by atoms with Crippen molar-refractivity contribution in [1.29, 1.82) is 0 Å². The van der Waals surface area contributed by atoms with E-state index in [1.165, 1.54) is 24.1 Å². The van der Waals surface area contributed by atoms with E-state index in [1.54, 1.807) is 6.07 Å². The van der Waals surface area contributed by atoms with Crippen LogP contribution in [0.1, 0.15) is 12.8 Å². The molecule has 1 atom stereocenters. The van der Waals surface area contributed by atoms with E-state index in [-0.39, 0.29) is 11.3 Å². The molecule has 15 heavy (non-hydrogen) atoms. The van der Waals surface area contributed by atoms with Crippen molar-refractivity contribution in [3.63, 3.8) is 0 Å². The van der Waals surface area contributed by atoms with Crippen molar-refractivity contribution in [3.8, 4) is 5.75 Å². The third kappa shape index (κ3) is 2.69. The molecular weight excluding hydrogens is 237 g/mol. The number of anilines is 1. The van der Waals surface area contributed by atoms with E-state index in [9.17, 15) is 4.39 Å². The van der Waals surface area contributed by atoms with Crippen LogP contribution in [0.2, 0.25) is 0 Å². The molecule has 0 amide bonds. The summed E-state index contributed by atoms with van der Waals surface area (Å²) in [6, 6.07) is 4.47. The molecular formula is C10H11ClFNOS. The van der Waals surface area contributed by atoms with Crippen LogP contribution in [-0.2, 0) is 0 Å². The molecule has 1 unspecified atom stereocenters. The molecule has 1 aromatic rings. The maximum absolute atomic E-state index is 12.9. The van der Waals surface area contributed by atoms with Crippen LogP contribution in [0.15, 0.2) is 18.2 Å². The van der Waals surface area contributed by atoms with Crippen molar-refractivity contribution in [2.75, 3.05) is 10.6 Å². The van der Waals surface area contributed by atoms with Gasteiger partial charge < -0.3 is 9.46 Å². The highest BCUT2D eigenvalue weighted by atomic mass is 35.5. The second kappa shape index (κ2) is 4.94. The van der Waals surface area contributed by atoms with Crippen LogP contribution >= 0.6 is 23.5 Å². The number of fused-ring (bicyclic) bond motifs is 1. The SMILES string of the molecule is Fc1ccc2c(c1)NSC(CCCCl)O2. The van der Waals surface area contributed by atoms with E-state index in [2.05, 4.69) is 4.72 Å². The van der Waals surface area contributed by atoms with Crippen LogP contribution in [0.25, 0.3) is 0 Å². The number of hydrogen-bond donors (Lipinski definition) is 1. The molecule has 1 heterocycles.